The molecule has 36 heavy (non-hydrogen) atoms. The Morgan fingerprint density at radius 2 is 0.583 bits per heavy atom. The molecule has 3 heterocycles. The molecule has 0 fully saturated rings. The van der Waals surface area contributed by atoms with Gasteiger partial charge in [-0.15, -0.1) is 0 Å². The van der Waals surface area contributed by atoms with Gasteiger partial charge in [0, 0.05) is 52.6 Å². The van der Waals surface area contributed by atoms with E-state index in [0.29, 0.717) is 29.1 Å². The molecule has 0 bridgehead atoms. The number of hydrogen-bond acceptors (Lipinski definition) is 7. The van der Waals surface area contributed by atoms with Crippen LogP contribution < -0.4 is 0 Å². The highest BCUT2D eigenvalue weighted by molar-refractivity contribution is 5.69. The van der Waals surface area contributed by atoms with Crippen molar-refractivity contribution in [3.63, 3.8) is 0 Å². The fraction of sp³-hybridized carbons (Fsp3) is 0. The van der Waals surface area contributed by atoms with Gasteiger partial charge in [-0.3, -0.25) is 0 Å². The number of rotatable bonds is 5. The Balaban J connectivity index is 1.41. The van der Waals surface area contributed by atoms with E-state index in [2.05, 4.69) is 19.9 Å². The Labute approximate surface area is 207 Å². The molecule has 170 valence electrons. The average Bonchev–Trinajstić information content (AvgIpc) is 2.98. The predicted molar refractivity (Wildman–Crippen MR) is 138 cm³/mol. The second-order valence-corrected chi connectivity index (χ2v) is 7.97. The number of nitrogens with zero attached hydrogens (tertiary/aromatic N) is 7. The minimum Gasteiger partial charge on any atom is -0.237 e. The lowest BCUT2D eigenvalue weighted by atomic mass is 10.1. The molecule has 0 unspecified atom stereocenters. The molecule has 0 saturated carbocycles. The maximum absolute atomic E-state index is 4.82. The molecule has 0 radical (unpaired) electrons. The van der Waals surface area contributed by atoms with Crippen LogP contribution in [0, 0.1) is 0 Å². The van der Waals surface area contributed by atoms with Crippen molar-refractivity contribution in [2.24, 2.45) is 0 Å². The number of aromatic nitrogens is 7. The lowest BCUT2D eigenvalue weighted by Crippen LogP contribution is -2.00. The molecule has 3 aromatic heterocycles. The SMILES string of the molecule is c1ccc(-c2nc(-c3ccc(-c4ncccn4)cc3)nc(-c3ccc(-c4ncccn4)cc3)n2)cc1. The molecule has 0 atom stereocenters. The first-order valence-corrected chi connectivity index (χ1v) is 11.4. The molecule has 0 N–H and O–H groups in total. The minimum absolute atomic E-state index is 0.592. The van der Waals surface area contributed by atoms with Gasteiger partial charge in [0.25, 0.3) is 0 Å². The summed E-state index contributed by atoms with van der Waals surface area (Å²) < 4.78 is 0. The maximum Gasteiger partial charge on any atom is 0.164 e. The third-order valence-electron chi connectivity index (χ3n) is 5.60. The summed E-state index contributed by atoms with van der Waals surface area (Å²) in [6.45, 7) is 0. The molecular formula is C29H19N7. The zero-order chi connectivity index (χ0) is 24.2. The van der Waals surface area contributed by atoms with Gasteiger partial charge in [0.2, 0.25) is 0 Å². The Bertz CT molecular complexity index is 1490. The summed E-state index contributed by atoms with van der Waals surface area (Å²) in [4.78, 5) is 31.7. The summed E-state index contributed by atoms with van der Waals surface area (Å²) in [5, 5.41) is 0. The molecule has 0 saturated heterocycles. The Hall–Kier alpha value is -5.17. The van der Waals surface area contributed by atoms with E-state index < -0.39 is 0 Å². The highest BCUT2D eigenvalue weighted by Gasteiger charge is 2.13. The van der Waals surface area contributed by atoms with Crippen molar-refractivity contribution in [2.45, 2.75) is 0 Å². The van der Waals surface area contributed by atoms with Crippen LogP contribution in [0.3, 0.4) is 0 Å². The lowest BCUT2D eigenvalue weighted by molar-refractivity contribution is 1.07. The largest absolute Gasteiger partial charge is 0.237 e. The highest BCUT2D eigenvalue weighted by atomic mass is 15.0. The fourth-order valence-corrected chi connectivity index (χ4v) is 3.78. The monoisotopic (exact) mass is 465 g/mol. The molecule has 6 rings (SSSR count). The molecule has 0 spiro atoms. The summed E-state index contributed by atoms with van der Waals surface area (Å²) in [6, 6.07) is 29.3. The summed E-state index contributed by atoms with van der Waals surface area (Å²) >= 11 is 0. The van der Waals surface area contributed by atoms with Crippen LogP contribution in [-0.4, -0.2) is 34.9 Å². The number of hydrogen-bond donors (Lipinski definition) is 0. The van der Waals surface area contributed by atoms with Gasteiger partial charge in [-0.05, 0) is 12.1 Å². The van der Waals surface area contributed by atoms with Crippen molar-refractivity contribution < 1.29 is 0 Å². The first-order chi connectivity index (χ1) is 17.8. The summed E-state index contributed by atoms with van der Waals surface area (Å²) in [7, 11) is 0. The van der Waals surface area contributed by atoms with E-state index in [0.717, 1.165) is 27.8 Å². The Kier molecular flexibility index (Phi) is 5.70. The van der Waals surface area contributed by atoms with E-state index in [4.69, 9.17) is 15.0 Å². The molecule has 6 aromatic rings. The van der Waals surface area contributed by atoms with Crippen LogP contribution in [0.15, 0.2) is 116 Å². The fourth-order valence-electron chi connectivity index (χ4n) is 3.78. The van der Waals surface area contributed by atoms with Gasteiger partial charge in [-0.2, -0.15) is 0 Å². The van der Waals surface area contributed by atoms with Gasteiger partial charge in [-0.25, -0.2) is 34.9 Å². The predicted octanol–water partition coefficient (Wildman–Crippen LogP) is 5.79. The highest BCUT2D eigenvalue weighted by Crippen LogP contribution is 2.27. The van der Waals surface area contributed by atoms with E-state index in [1.165, 1.54) is 0 Å². The van der Waals surface area contributed by atoms with Gasteiger partial charge in [-0.1, -0.05) is 78.9 Å². The first-order valence-electron chi connectivity index (χ1n) is 11.4. The van der Waals surface area contributed by atoms with E-state index in [-0.39, 0.29) is 0 Å². The van der Waals surface area contributed by atoms with Gasteiger partial charge in [0.05, 0.1) is 0 Å². The summed E-state index contributed by atoms with van der Waals surface area (Å²) in [5.41, 5.74) is 4.53. The van der Waals surface area contributed by atoms with Gasteiger partial charge in [0.15, 0.2) is 29.1 Å². The van der Waals surface area contributed by atoms with Gasteiger partial charge < -0.3 is 0 Å². The van der Waals surface area contributed by atoms with E-state index in [1.807, 2.05) is 78.9 Å². The van der Waals surface area contributed by atoms with Crippen molar-refractivity contribution in [1.82, 2.24) is 34.9 Å². The van der Waals surface area contributed by atoms with Crippen LogP contribution in [0.5, 0.6) is 0 Å². The van der Waals surface area contributed by atoms with Crippen molar-refractivity contribution in [1.29, 1.82) is 0 Å². The van der Waals surface area contributed by atoms with Crippen LogP contribution in [0.4, 0.5) is 0 Å². The van der Waals surface area contributed by atoms with Crippen LogP contribution in [0.25, 0.3) is 56.9 Å². The molecule has 0 aliphatic heterocycles. The van der Waals surface area contributed by atoms with Crippen molar-refractivity contribution >= 4 is 0 Å². The Morgan fingerprint density at radius 3 is 0.944 bits per heavy atom. The summed E-state index contributed by atoms with van der Waals surface area (Å²) in [6.07, 6.45) is 6.93. The second kappa shape index (κ2) is 9.60. The molecular weight excluding hydrogens is 446 g/mol. The lowest BCUT2D eigenvalue weighted by Gasteiger charge is -2.09. The summed E-state index contributed by atoms with van der Waals surface area (Å²) in [5.74, 6) is 3.15. The van der Waals surface area contributed by atoms with E-state index in [9.17, 15) is 0 Å². The van der Waals surface area contributed by atoms with Gasteiger partial charge in [0.1, 0.15) is 0 Å². The van der Waals surface area contributed by atoms with Crippen LogP contribution in [-0.2, 0) is 0 Å². The number of benzene rings is 3. The molecule has 7 nitrogen and oxygen atoms in total. The van der Waals surface area contributed by atoms with Crippen molar-refractivity contribution in [2.75, 3.05) is 0 Å². The topological polar surface area (TPSA) is 90.2 Å². The van der Waals surface area contributed by atoms with E-state index >= 15 is 0 Å². The van der Waals surface area contributed by atoms with Crippen molar-refractivity contribution in [3.05, 3.63) is 116 Å². The van der Waals surface area contributed by atoms with Crippen molar-refractivity contribution in [3.8, 4) is 56.9 Å². The third-order valence-corrected chi connectivity index (χ3v) is 5.60. The van der Waals surface area contributed by atoms with Gasteiger partial charge >= 0.3 is 0 Å². The Morgan fingerprint density at radius 1 is 0.278 bits per heavy atom. The molecule has 3 aromatic carbocycles. The van der Waals surface area contributed by atoms with Crippen LogP contribution >= 0.6 is 0 Å². The third kappa shape index (κ3) is 4.45. The molecule has 0 amide bonds. The minimum atomic E-state index is 0.592. The van der Waals surface area contributed by atoms with Crippen LogP contribution in [0.2, 0.25) is 0 Å². The quantitative estimate of drug-likeness (QED) is 0.318. The molecule has 0 aliphatic rings. The standard InChI is InChI=1S/C29H19N7/c1-2-6-20(7-3-1)27-34-28(23-12-8-21(9-13-23)25-30-16-4-17-31-25)36-29(35-27)24-14-10-22(11-15-24)26-32-18-5-19-33-26/h1-19H. The molecule has 7 heteroatoms. The second-order valence-electron chi connectivity index (χ2n) is 7.97. The molecule has 0 aliphatic carbocycles. The smallest absolute Gasteiger partial charge is 0.164 e. The van der Waals surface area contributed by atoms with E-state index in [1.54, 1.807) is 36.9 Å². The zero-order valence-electron chi connectivity index (χ0n) is 19.1. The van der Waals surface area contributed by atoms with Crippen LogP contribution in [0.1, 0.15) is 0 Å². The maximum atomic E-state index is 4.82. The zero-order valence-corrected chi connectivity index (χ0v) is 19.1. The first kappa shape index (κ1) is 21.4. The average molecular weight is 466 g/mol. The normalized spacial score (nSPS) is 10.8.